The van der Waals surface area contributed by atoms with E-state index < -0.39 is 0 Å². The number of benzene rings is 1. The van der Waals surface area contributed by atoms with E-state index in [-0.39, 0.29) is 17.9 Å². The van der Waals surface area contributed by atoms with E-state index in [0.29, 0.717) is 18.5 Å². The smallest absolute Gasteiger partial charge is 0.251 e. The van der Waals surface area contributed by atoms with Crippen molar-refractivity contribution < 1.29 is 14.3 Å². The zero-order valence-electron chi connectivity index (χ0n) is 12.6. The monoisotopic (exact) mass is 300 g/mol. The number of nitrogens with zero attached hydrogens (tertiary/aromatic N) is 1. The Balaban J connectivity index is 1.53. The van der Waals surface area contributed by atoms with Crippen LogP contribution < -0.4 is 10.2 Å². The van der Waals surface area contributed by atoms with Crippen LogP contribution in [0.15, 0.2) is 12.1 Å². The van der Waals surface area contributed by atoms with Crippen molar-refractivity contribution in [2.24, 2.45) is 0 Å². The van der Waals surface area contributed by atoms with Crippen molar-refractivity contribution in [1.82, 2.24) is 5.32 Å². The minimum absolute atomic E-state index is 0.0371. The Hall–Kier alpha value is -1.88. The van der Waals surface area contributed by atoms with Crippen LogP contribution in [0.3, 0.4) is 0 Å². The van der Waals surface area contributed by atoms with Crippen molar-refractivity contribution in [3.05, 3.63) is 28.8 Å². The Morgan fingerprint density at radius 2 is 2.09 bits per heavy atom. The van der Waals surface area contributed by atoms with Crippen LogP contribution in [0.5, 0.6) is 0 Å². The van der Waals surface area contributed by atoms with Gasteiger partial charge in [-0.05, 0) is 48.9 Å². The molecule has 3 heterocycles. The number of nitrogens with one attached hydrogen (secondary N) is 1. The second-order valence-corrected chi connectivity index (χ2v) is 6.28. The van der Waals surface area contributed by atoms with Gasteiger partial charge in [0.1, 0.15) is 0 Å². The summed E-state index contributed by atoms with van der Waals surface area (Å²) in [6.45, 7) is 2.13. The van der Waals surface area contributed by atoms with Crippen LogP contribution in [0, 0.1) is 0 Å². The number of anilines is 1. The summed E-state index contributed by atoms with van der Waals surface area (Å²) in [6.07, 6.45) is 4.39. The van der Waals surface area contributed by atoms with Gasteiger partial charge in [0.25, 0.3) is 5.91 Å². The summed E-state index contributed by atoms with van der Waals surface area (Å²) in [4.78, 5) is 26.2. The zero-order valence-corrected chi connectivity index (χ0v) is 12.6. The lowest BCUT2D eigenvalue weighted by Gasteiger charge is -2.25. The van der Waals surface area contributed by atoms with Crippen molar-refractivity contribution in [3.63, 3.8) is 0 Å². The number of ether oxygens (including phenoxy) is 1. The van der Waals surface area contributed by atoms with Gasteiger partial charge < -0.3 is 15.0 Å². The molecule has 1 aromatic rings. The first-order chi connectivity index (χ1) is 10.7. The highest BCUT2D eigenvalue weighted by atomic mass is 16.5. The maximum absolute atomic E-state index is 12.4. The molecule has 1 saturated heterocycles. The first kappa shape index (κ1) is 13.8. The molecule has 0 bridgehead atoms. The predicted octanol–water partition coefficient (Wildman–Crippen LogP) is 1.43. The molecule has 1 atom stereocenters. The molecule has 3 aliphatic heterocycles. The van der Waals surface area contributed by atoms with Gasteiger partial charge >= 0.3 is 0 Å². The van der Waals surface area contributed by atoms with Crippen LogP contribution >= 0.6 is 0 Å². The number of hydrogen-bond donors (Lipinski definition) is 1. The lowest BCUT2D eigenvalue weighted by molar-refractivity contribution is -0.118. The fourth-order valence-corrected chi connectivity index (χ4v) is 3.70. The fourth-order valence-electron chi connectivity index (χ4n) is 3.70. The maximum Gasteiger partial charge on any atom is 0.251 e. The normalized spacial score (nSPS) is 22.8. The molecule has 5 heteroatoms. The molecule has 1 aromatic carbocycles. The predicted molar refractivity (Wildman–Crippen MR) is 82.1 cm³/mol. The first-order valence-corrected chi connectivity index (χ1v) is 8.08. The summed E-state index contributed by atoms with van der Waals surface area (Å²) in [5, 5.41) is 2.98. The van der Waals surface area contributed by atoms with E-state index in [2.05, 4.69) is 5.32 Å². The lowest BCUT2D eigenvalue weighted by atomic mass is 9.96. The van der Waals surface area contributed by atoms with Gasteiger partial charge in [-0.2, -0.15) is 0 Å². The van der Waals surface area contributed by atoms with Gasteiger partial charge in [-0.25, -0.2) is 0 Å². The van der Waals surface area contributed by atoms with E-state index in [0.717, 1.165) is 55.6 Å². The fraction of sp³-hybridized carbons (Fsp3) is 0.529. The minimum atomic E-state index is -0.0371. The number of hydrogen-bond acceptors (Lipinski definition) is 3. The second kappa shape index (κ2) is 5.39. The van der Waals surface area contributed by atoms with E-state index in [1.807, 2.05) is 17.0 Å². The largest absolute Gasteiger partial charge is 0.376 e. The van der Waals surface area contributed by atoms with Gasteiger partial charge in [0.15, 0.2) is 0 Å². The highest BCUT2D eigenvalue weighted by molar-refractivity contribution is 6.01. The standard InChI is InChI=1S/C17H20N2O3/c20-15-4-3-11-8-13(9-12-5-6-19(15)16(11)12)17(21)18-10-14-2-1-7-22-14/h8-9,14H,1-7,10H2,(H,18,21). The Morgan fingerprint density at radius 1 is 1.27 bits per heavy atom. The Kier molecular flexibility index (Phi) is 3.37. The Bertz CT molecular complexity index is 635. The van der Waals surface area contributed by atoms with Crippen LogP contribution in [0.25, 0.3) is 0 Å². The van der Waals surface area contributed by atoms with Crippen molar-refractivity contribution in [3.8, 4) is 0 Å². The Labute approximate surface area is 129 Å². The summed E-state index contributed by atoms with van der Waals surface area (Å²) in [7, 11) is 0. The number of carbonyl (C=O) groups excluding carboxylic acids is 2. The molecule has 3 aliphatic rings. The van der Waals surface area contributed by atoms with Crippen molar-refractivity contribution in [1.29, 1.82) is 0 Å². The number of amides is 2. The molecular weight excluding hydrogens is 280 g/mol. The van der Waals surface area contributed by atoms with E-state index in [1.54, 1.807) is 0 Å². The highest BCUT2D eigenvalue weighted by Crippen LogP contribution is 2.37. The summed E-state index contributed by atoms with van der Waals surface area (Å²) < 4.78 is 5.53. The first-order valence-electron chi connectivity index (χ1n) is 8.08. The Morgan fingerprint density at radius 3 is 2.86 bits per heavy atom. The molecule has 0 spiro atoms. The molecule has 5 nitrogen and oxygen atoms in total. The van der Waals surface area contributed by atoms with Crippen LogP contribution in [-0.4, -0.2) is 37.6 Å². The second-order valence-electron chi connectivity index (χ2n) is 6.28. The number of carbonyl (C=O) groups is 2. The van der Waals surface area contributed by atoms with Gasteiger partial charge in [-0.1, -0.05) is 0 Å². The summed E-state index contributed by atoms with van der Waals surface area (Å²) >= 11 is 0. The quantitative estimate of drug-likeness (QED) is 0.918. The molecule has 22 heavy (non-hydrogen) atoms. The topological polar surface area (TPSA) is 58.6 Å². The third-order valence-corrected chi connectivity index (χ3v) is 4.83. The summed E-state index contributed by atoms with van der Waals surface area (Å²) in [5.41, 5.74) is 4.04. The van der Waals surface area contributed by atoms with Crippen LogP contribution in [0.2, 0.25) is 0 Å². The minimum Gasteiger partial charge on any atom is -0.376 e. The van der Waals surface area contributed by atoms with Crippen LogP contribution in [0.4, 0.5) is 5.69 Å². The van der Waals surface area contributed by atoms with E-state index >= 15 is 0 Å². The van der Waals surface area contributed by atoms with Gasteiger partial charge in [0.05, 0.1) is 11.8 Å². The maximum atomic E-state index is 12.4. The molecule has 0 aromatic heterocycles. The molecule has 2 amide bonds. The van der Waals surface area contributed by atoms with Gasteiger partial charge in [0.2, 0.25) is 5.91 Å². The van der Waals surface area contributed by atoms with E-state index in [4.69, 9.17) is 4.74 Å². The molecule has 1 N–H and O–H groups in total. The SMILES string of the molecule is O=C(NCC1CCCO1)c1cc2c3c(c1)CCN3C(=O)CC2. The zero-order chi connectivity index (χ0) is 15.1. The van der Waals surface area contributed by atoms with E-state index in [1.165, 1.54) is 0 Å². The average Bonchev–Trinajstić information content (AvgIpc) is 3.18. The molecule has 116 valence electrons. The molecular formula is C17H20N2O3. The molecule has 0 radical (unpaired) electrons. The molecule has 1 unspecified atom stereocenters. The summed E-state index contributed by atoms with van der Waals surface area (Å²) in [6, 6.07) is 3.90. The van der Waals surface area contributed by atoms with Crippen LogP contribution in [-0.2, 0) is 22.4 Å². The van der Waals surface area contributed by atoms with Crippen molar-refractivity contribution in [2.45, 2.75) is 38.2 Å². The average molecular weight is 300 g/mol. The summed E-state index contributed by atoms with van der Waals surface area (Å²) in [5.74, 6) is 0.173. The highest BCUT2D eigenvalue weighted by Gasteiger charge is 2.32. The number of aryl methyl sites for hydroxylation is 1. The van der Waals surface area contributed by atoms with Gasteiger partial charge in [-0.3, -0.25) is 9.59 Å². The molecule has 0 aliphatic carbocycles. The van der Waals surface area contributed by atoms with E-state index in [9.17, 15) is 9.59 Å². The molecule has 1 fully saturated rings. The van der Waals surface area contributed by atoms with Gasteiger partial charge in [0, 0.05) is 31.7 Å². The van der Waals surface area contributed by atoms with Crippen molar-refractivity contribution in [2.75, 3.05) is 24.6 Å². The third-order valence-electron chi connectivity index (χ3n) is 4.83. The lowest BCUT2D eigenvalue weighted by Crippen LogP contribution is -2.33. The van der Waals surface area contributed by atoms with Gasteiger partial charge in [-0.15, -0.1) is 0 Å². The molecule has 0 saturated carbocycles. The third kappa shape index (κ3) is 2.29. The molecule has 4 rings (SSSR count). The van der Waals surface area contributed by atoms with Crippen molar-refractivity contribution >= 4 is 17.5 Å². The number of rotatable bonds is 3. The van der Waals surface area contributed by atoms with Crippen LogP contribution in [0.1, 0.15) is 40.7 Å².